The molecule has 2 N–H and O–H groups in total. The van der Waals surface area contributed by atoms with Crippen LogP contribution >= 0.6 is 0 Å². The molecule has 0 aliphatic heterocycles. The molecule has 1 aliphatic rings. The third-order valence-electron chi connectivity index (χ3n) is 3.87. The minimum absolute atomic E-state index is 0.346. The summed E-state index contributed by atoms with van der Waals surface area (Å²) in [7, 11) is 0. The van der Waals surface area contributed by atoms with Crippen LogP contribution in [0.3, 0.4) is 0 Å². The predicted octanol–water partition coefficient (Wildman–Crippen LogP) is 3.02. The third kappa shape index (κ3) is 1.45. The predicted molar refractivity (Wildman–Crippen MR) is 65.4 cm³/mol. The molecule has 1 heterocycles. The van der Waals surface area contributed by atoms with E-state index in [2.05, 4.69) is 19.1 Å². The SMILES string of the molecule is Cc1c(CC2(CN)CC2)oc2ccccc12. The fourth-order valence-electron chi connectivity index (χ4n) is 2.36. The van der Waals surface area contributed by atoms with Gasteiger partial charge in [0.25, 0.3) is 0 Å². The van der Waals surface area contributed by atoms with Crippen molar-refractivity contribution in [2.75, 3.05) is 6.54 Å². The van der Waals surface area contributed by atoms with E-state index in [-0.39, 0.29) is 0 Å². The summed E-state index contributed by atoms with van der Waals surface area (Å²) in [6.07, 6.45) is 3.50. The molecular weight excluding hydrogens is 198 g/mol. The molecule has 2 nitrogen and oxygen atoms in total. The Kier molecular flexibility index (Phi) is 2.08. The van der Waals surface area contributed by atoms with Crippen LogP contribution in [0.25, 0.3) is 11.0 Å². The molecular formula is C14H17NO. The molecule has 0 atom stereocenters. The molecule has 2 aromatic rings. The van der Waals surface area contributed by atoms with Crippen molar-refractivity contribution in [3.05, 3.63) is 35.6 Å². The zero-order valence-corrected chi connectivity index (χ0v) is 9.62. The van der Waals surface area contributed by atoms with Crippen molar-refractivity contribution in [1.29, 1.82) is 0 Å². The van der Waals surface area contributed by atoms with E-state index >= 15 is 0 Å². The number of para-hydroxylation sites is 1. The van der Waals surface area contributed by atoms with Gasteiger partial charge in [-0.25, -0.2) is 0 Å². The third-order valence-corrected chi connectivity index (χ3v) is 3.87. The molecule has 1 aliphatic carbocycles. The highest BCUT2D eigenvalue weighted by atomic mass is 16.3. The maximum Gasteiger partial charge on any atom is 0.134 e. The van der Waals surface area contributed by atoms with E-state index in [4.69, 9.17) is 10.2 Å². The molecule has 0 bridgehead atoms. The molecule has 0 amide bonds. The fraction of sp³-hybridized carbons (Fsp3) is 0.429. The van der Waals surface area contributed by atoms with Gasteiger partial charge in [0.2, 0.25) is 0 Å². The van der Waals surface area contributed by atoms with E-state index in [1.54, 1.807) is 0 Å². The van der Waals surface area contributed by atoms with Gasteiger partial charge in [0.05, 0.1) is 0 Å². The van der Waals surface area contributed by atoms with Gasteiger partial charge in [0.15, 0.2) is 0 Å². The second kappa shape index (κ2) is 3.36. The molecule has 2 heteroatoms. The lowest BCUT2D eigenvalue weighted by Crippen LogP contribution is -2.17. The van der Waals surface area contributed by atoms with Crippen LogP contribution in [0.5, 0.6) is 0 Å². The Morgan fingerprint density at radius 3 is 2.69 bits per heavy atom. The number of nitrogens with two attached hydrogens (primary N) is 1. The molecule has 1 fully saturated rings. The Hall–Kier alpha value is -1.28. The van der Waals surface area contributed by atoms with E-state index in [9.17, 15) is 0 Å². The summed E-state index contributed by atoms with van der Waals surface area (Å²) in [5.74, 6) is 1.13. The van der Waals surface area contributed by atoms with Gasteiger partial charge in [-0.05, 0) is 43.4 Å². The first-order valence-electron chi connectivity index (χ1n) is 5.91. The van der Waals surface area contributed by atoms with Crippen molar-refractivity contribution in [2.24, 2.45) is 11.1 Å². The largest absolute Gasteiger partial charge is 0.461 e. The molecule has 0 saturated heterocycles. The van der Waals surface area contributed by atoms with Crippen molar-refractivity contribution in [1.82, 2.24) is 0 Å². The van der Waals surface area contributed by atoms with E-state index in [1.807, 2.05) is 12.1 Å². The molecule has 0 radical (unpaired) electrons. The average Bonchev–Trinajstić information content (AvgIpc) is 3.02. The Balaban J connectivity index is 2.01. The Bertz CT molecular complexity index is 523. The lowest BCUT2D eigenvalue weighted by molar-refractivity contribution is 0.444. The van der Waals surface area contributed by atoms with Gasteiger partial charge < -0.3 is 10.2 Å². The second-order valence-corrected chi connectivity index (χ2v) is 5.03. The molecule has 16 heavy (non-hydrogen) atoms. The van der Waals surface area contributed by atoms with Crippen molar-refractivity contribution in [3.63, 3.8) is 0 Å². The van der Waals surface area contributed by atoms with E-state index in [1.165, 1.54) is 23.8 Å². The van der Waals surface area contributed by atoms with Gasteiger partial charge >= 0.3 is 0 Å². The minimum atomic E-state index is 0.346. The molecule has 0 unspecified atom stereocenters. The van der Waals surface area contributed by atoms with Gasteiger partial charge in [0, 0.05) is 11.8 Å². The summed E-state index contributed by atoms with van der Waals surface area (Å²) < 4.78 is 5.92. The molecule has 1 saturated carbocycles. The van der Waals surface area contributed by atoms with Crippen LogP contribution in [0.1, 0.15) is 24.2 Å². The van der Waals surface area contributed by atoms with Crippen LogP contribution in [0.15, 0.2) is 28.7 Å². The maximum absolute atomic E-state index is 5.92. The lowest BCUT2D eigenvalue weighted by Gasteiger charge is -2.09. The summed E-state index contributed by atoms with van der Waals surface area (Å²) in [4.78, 5) is 0. The lowest BCUT2D eigenvalue weighted by atomic mass is 9.98. The molecule has 0 spiro atoms. The van der Waals surface area contributed by atoms with E-state index < -0.39 is 0 Å². The number of furan rings is 1. The standard InChI is InChI=1S/C14H17NO/c1-10-11-4-2-3-5-12(11)16-13(10)8-14(9-15)6-7-14/h2-5H,6-9,15H2,1H3. The smallest absolute Gasteiger partial charge is 0.134 e. The number of rotatable bonds is 3. The van der Waals surface area contributed by atoms with E-state index in [0.717, 1.165) is 24.3 Å². The zero-order chi connectivity index (χ0) is 11.2. The van der Waals surface area contributed by atoms with Crippen LogP contribution in [-0.2, 0) is 6.42 Å². The maximum atomic E-state index is 5.92. The first-order chi connectivity index (χ1) is 7.74. The first-order valence-corrected chi connectivity index (χ1v) is 5.91. The summed E-state index contributed by atoms with van der Waals surface area (Å²) in [6.45, 7) is 2.93. The van der Waals surface area contributed by atoms with Crippen molar-refractivity contribution < 1.29 is 4.42 Å². The Labute approximate surface area is 95.4 Å². The Morgan fingerprint density at radius 1 is 1.31 bits per heavy atom. The fourth-order valence-corrected chi connectivity index (χ4v) is 2.36. The van der Waals surface area contributed by atoms with E-state index in [0.29, 0.717) is 5.41 Å². The highest BCUT2D eigenvalue weighted by molar-refractivity contribution is 5.81. The highest BCUT2D eigenvalue weighted by Gasteiger charge is 2.42. The van der Waals surface area contributed by atoms with Crippen molar-refractivity contribution >= 4 is 11.0 Å². The summed E-state index contributed by atoms with van der Waals surface area (Å²) in [5.41, 5.74) is 8.46. The van der Waals surface area contributed by atoms with Crippen molar-refractivity contribution in [3.8, 4) is 0 Å². The molecule has 1 aromatic heterocycles. The minimum Gasteiger partial charge on any atom is -0.461 e. The normalized spacial score (nSPS) is 17.9. The van der Waals surface area contributed by atoms with Gasteiger partial charge in [0.1, 0.15) is 11.3 Å². The molecule has 84 valence electrons. The van der Waals surface area contributed by atoms with Crippen molar-refractivity contribution in [2.45, 2.75) is 26.2 Å². The second-order valence-electron chi connectivity index (χ2n) is 5.03. The van der Waals surface area contributed by atoms with Gasteiger partial charge in [-0.2, -0.15) is 0 Å². The number of fused-ring (bicyclic) bond motifs is 1. The number of hydrogen-bond acceptors (Lipinski definition) is 2. The van der Waals surface area contributed by atoms with Crippen LogP contribution < -0.4 is 5.73 Å². The van der Waals surface area contributed by atoms with Crippen LogP contribution in [0, 0.1) is 12.3 Å². The van der Waals surface area contributed by atoms with Crippen LogP contribution in [0.4, 0.5) is 0 Å². The molecule has 3 rings (SSSR count). The van der Waals surface area contributed by atoms with Gasteiger partial charge in [-0.1, -0.05) is 18.2 Å². The molecule has 1 aromatic carbocycles. The summed E-state index contributed by atoms with van der Waals surface area (Å²) in [5, 5.41) is 1.24. The average molecular weight is 215 g/mol. The van der Waals surface area contributed by atoms with Crippen LogP contribution in [-0.4, -0.2) is 6.54 Å². The van der Waals surface area contributed by atoms with Gasteiger partial charge in [-0.15, -0.1) is 0 Å². The zero-order valence-electron chi connectivity index (χ0n) is 9.62. The monoisotopic (exact) mass is 215 g/mol. The highest BCUT2D eigenvalue weighted by Crippen LogP contribution is 2.48. The summed E-state index contributed by atoms with van der Waals surface area (Å²) in [6, 6.07) is 8.24. The number of benzene rings is 1. The number of aryl methyl sites for hydroxylation is 1. The quantitative estimate of drug-likeness (QED) is 0.854. The van der Waals surface area contributed by atoms with Gasteiger partial charge in [-0.3, -0.25) is 0 Å². The number of hydrogen-bond donors (Lipinski definition) is 1. The Morgan fingerprint density at radius 2 is 2.06 bits per heavy atom. The van der Waals surface area contributed by atoms with Crippen LogP contribution in [0.2, 0.25) is 0 Å². The first kappa shape index (κ1) is 9.91. The topological polar surface area (TPSA) is 39.2 Å². The summed E-state index contributed by atoms with van der Waals surface area (Å²) >= 11 is 0.